The van der Waals surface area contributed by atoms with Gasteiger partial charge in [0.25, 0.3) is 0 Å². The molecule has 2 aromatic carbocycles. The molecule has 0 spiro atoms. The Kier molecular flexibility index (Phi) is 3.62. The van der Waals surface area contributed by atoms with Crippen LogP contribution in [0.4, 0.5) is 13.2 Å². The lowest BCUT2D eigenvalue weighted by Crippen LogP contribution is -2.45. The molecule has 0 unspecified atom stereocenters. The highest BCUT2D eigenvalue weighted by Gasteiger charge is 2.57. The molecule has 100 valence electrons. The summed E-state index contributed by atoms with van der Waals surface area (Å²) in [4.78, 5) is 0. The van der Waals surface area contributed by atoms with Gasteiger partial charge < -0.3 is 4.74 Å². The van der Waals surface area contributed by atoms with E-state index in [4.69, 9.17) is 4.74 Å². The Hall–Kier alpha value is -1.81. The van der Waals surface area contributed by atoms with Gasteiger partial charge in [-0.1, -0.05) is 60.7 Å². The summed E-state index contributed by atoms with van der Waals surface area (Å²) in [5, 5.41) is 0. The molecule has 0 bridgehead atoms. The van der Waals surface area contributed by atoms with Gasteiger partial charge >= 0.3 is 6.18 Å². The maximum atomic E-state index is 13.6. The smallest absolute Gasteiger partial charge is 0.360 e. The summed E-state index contributed by atoms with van der Waals surface area (Å²) in [5.74, 6) is 0. The largest absolute Gasteiger partial charge is 0.425 e. The average Bonchev–Trinajstić information content (AvgIpc) is 2.41. The topological polar surface area (TPSA) is 9.23 Å². The first-order valence-corrected chi connectivity index (χ1v) is 5.75. The Bertz CT molecular complexity index is 481. The molecule has 0 radical (unpaired) electrons. The SMILES string of the molecule is COC(c1ccccc1)(c1ccccc1)C(F)(F)F. The highest BCUT2D eigenvalue weighted by molar-refractivity contribution is 5.38. The number of hydrogen-bond acceptors (Lipinski definition) is 1. The van der Waals surface area contributed by atoms with Crippen molar-refractivity contribution in [1.82, 2.24) is 0 Å². The van der Waals surface area contributed by atoms with Crippen LogP contribution in [0.15, 0.2) is 60.7 Å². The van der Waals surface area contributed by atoms with Crippen LogP contribution < -0.4 is 0 Å². The highest BCUT2D eigenvalue weighted by atomic mass is 19.4. The summed E-state index contributed by atoms with van der Waals surface area (Å²) >= 11 is 0. The Morgan fingerprint density at radius 2 is 1.11 bits per heavy atom. The van der Waals surface area contributed by atoms with E-state index in [1.807, 2.05) is 0 Å². The van der Waals surface area contributed by atoms with Crippen LogP contribution >= 0.6 is 0 Å². The average molecular weight is 266 g/mol. The molecule has 2 aromatic rings. The number of benzene rings is 2. The quantitative estimate of drug-likeness (QED) is 0.811. The molecule has 19 heavy (non-hydrogen) atoms. The molecule has 4 heteroatoms. The first-order chi connectivity index (χ1) is 9.02. The van der Waals surface area contributed by atoms with E-state index in [2.05, 4.69) is 0 Å². The normalized spacial score (nSPS) is 12.4. The molecule has 0 saturated heterocycles. The number of hydrogen-bond donors (Lipinski definition) is 0. The Labute approximate surface area is 109 Å². The fourth-order valence-corrected chi connectivity index (χ4v) is 2.19. The predicted octanol–water partition coefficient (Wildman–Crippen LogP) is 4.14. The lowest BCUT2D eigenvalue weighted by atomic mass is 9.85. The minimum Gasteiger partial charge on any atom is -0.360 e. The molecule has 0 atom stereocenters. The molecule has 0 aliphatic heterocycles. The van der Waals surface area contributed by atoms with Crippen molar-refractivity contribution >= 4 is 0 Å². The van der Waals surface area contributed by atoms with E-state index >= 15 is 0 Å². The van der Waals surface area contributed by atoms with Crippen molar-refractivity contribution in [3.63, 3.8) is 0 Å². The van der Waals surface area contributed by atoms with E-state index in [-0.39, 0.29) is 11.1 Å². The molecule has 0 heterocycles. The van der Waals surface area contributed by atoms with Gasteiger partial charge in [-0.3, -0.25) is 0 Å². The van der Waals surface area contributed by atoms with Crippen molar-refractivity contribution in [2.24, 2.45) is 0 Å². The lowest BCUT2D eigenvalue weighted by Gasteiger charge is -2.35. The van der Waals surface area contributed by atoms with Crippen LogP contribution in [0.1, 0.15) is 11.1 Å². The summed E-state index contributed by atoms with van der Waals surface area (Å²) in [6, 6.07) is 15.3. The number of ether oxygens (including phenoxy) is 1. The van der Waals surface area contributed by atoms with Crippen LogP contribution in [-0.2, 0) is 10.3 Å². The predicted molar refractivity (Wildman–Crippen MR) is 66.7 cm³/mol. The van der Waals surface area contributed by atoms with Gasteiger partial charge in [-0.25, -0.2) is 0 Å². The van der Waals surface area contributed by atoms with E-state index in [0.29, 0.717) is 0 Å². The van der Waals surface area contributed by atoms with Crippen molar-refractivity contribution in [3.05, 3.63) is 71.8 Å². The number of halogens is 3. The molecule has 0 fully saturated rings. The van der Waals surface area contributed by atoms with Crippen LogP contribution in [0.2, 0.25) is 0 Å². The molecule has 0 aromatic heterocycles. The third kappa shape index (κ3) is 2.24. The molecule has 0 aliphatic carbocycles. The van der Waals surface area contributed by atoms with Gasteiger partial charge in [0, 0.05) is 7.11 Å². The number of rotatable bonds is 3. The third-order valence-corrected chi connectivity index (χ3v) is 3.07. The van der Waals surface area contributed by atoms with Gasteiger partial charge in [-0.05, 0) is 11.1 Å². The van der Waals surface area contributed by atoms with Crippen LogP contribution in [0.25, 0.3) is 0 Å². The summed E-state index contributed by atoms with van der Waals surface area (Å²) < 4.78 is 45.8. The first-order valence-electron chi connectivity index (χ1n) is 5.75. The number of methoxy groups -OCH3 is 1. The van der Waals surface area contributed by atoms with Gasteiger partial charge in [0.1, 0.15) is 0 Å². The number of alkyl halides is 3. The van der Waals surface area contributed by atoms with Gasteiger partial charge in [-0.2, -0.15) is 13.2 Å². The maximum Gasteiger partial charge on any atom is 0.425 e. The fourth-order valence-electron chi connectivity index (χ4n) is 2.19. The van der Waals surface area contributed by atoms with E-state index in [9.17, 15) is 13.2 Å². The van der Waals surface area contributed by atoms with Gasteiger partial charge in [-0.15, -0.1) is 0 Å². The lowest BCUT2D eigenvalue weighted by molar-refractivity contribution is -0.258. The summed E-state index contributed by atoms with van der Waals surface area (Å²) in [6.07, 6.45) is -4.55. The monoisotopic (exact) mass is 266 g/mol. The van der Waals surface area contributed by atoms with Crippen LogP contribution in [0.3, 0.4) is 0 Å². The molecule has 0 saturated carbocycles. The molecular formula is C15H13F3O. The van der Waals surface area contributed by atoms with Gasteiger partial charge in [0.2, 0.25) is 5.60 Å². The fraction of sp³-hybridized carbons (Fsp3) is 0.200. The zero-order valence-corrected chi connectivity index (χ0v) is 10.3. The van der Waals surface area contributed by atoms with Crippen molar-refractivity contribution in [1.29, 1.82) is 0 Å². The zero-order valence-electron chi connectivity index (χ0n) is 10.3. The molecule has 0 aliphatic rings. The minimum atomic E-state index is -4.55. The second-order valence-corrected chi connectivity index (χ2v) is 4.12. The Balaban J connectivity index is 2.70. The van der Waals surface area contributed by atoms with Crippen LogP contribution in [0, 0.1) is 0 Å². The molecule has 0 N–H and O–H groups in total. The molecule has 1 nitrogen and oxygen atoms in total. The summed E-state index contributed by atoms with van der Waals surface area (Å²) in [7, 11) is 1.08. The van der Waals surface area contributed by atoms with Crippen LogP contribution in [0.5, 0.6) is 0 Å². The van der Waals surface area contributed by atoms with Gasteiger partial charge in [0.15, 0.2) is 0 Å². The molecular weight excluding hydrogens is 253 g/mol. The van der Waals surface area contributed by atoms with E-state index < -0.39 is 11.8 Å². The standard InChI is InChI=1S/C15H13F3O/c1-19-14(15(16,17)18,12-8-4-2-5-9-12)13-10-6-3-7-11-13/h2-11H,1H3. The van der Waals surface area contributed by atoms with E-state index in [1.165, 1.54) is 24.3 Å². The summed E-state index contributed by atoms with van der Waals surface area (Å²) in [6.45, 7) is 0. The first kappa shape index (κ1) is 13.6. The summed E-state index contributed by atoms with van der Waals surface area (Å²) in [5.41, 5.74) is -2.30. The Morgan fingerprint density at radius 3 is 1.37 bits per heavy atom. The van der Waals surface area contributed by atoms with Crippen molar-refractivity contribution in [3.8, 4) is 0 Å². The second-order valence-electron chi connectivity index (χ2n) is 4.12. The van der Waals surface area contributed by atoms with E-state index in [1.54, 1.807) is 36.4 Å². The third-order valence-electron chi connectivity index (χ3n) is 3.07. The van der Waals surface area contributed by atoms with Crippen molar-refractivity contribution in [2.75, 3.05) is 7.11 Å². The van der Waals surface area contributed by atoms with Crippen molar-refractivity contribution < 1.29 is 17.9 Å². The van der Waals surface area contributed by atoms with Gasteiger partial charge in [0.05, 0.1) is 0 Å². The second kappa shape index (κ2) is 5.05. The minimum absolute atomic E-state index is 0.0659. The highest BCUT2D eigenvalue weighted by Crippen LogP contribution is 2.46. The molecule has 0 amide bonds. The molecule has 2 rings (SSSR count). The zero-order chi connectivity index (χ0) is 13.9. The Morgan fingerprint density at radius 1 is 0.737 bits per heavy atom. The van der Waals surface area contributed by atoms with Crippen molar-refractivity contribution in [2.45, 2.75) is 11.8 Å². The van der Waals surface area contributed by atoms with E-state index in [0.717, 1.165) is 7.11 Å². The van der Waals surface area contributed by atoms with Crippen LogP contribution in [-0.4, -0.2) is 13.3 Å². The maximum absolute atomic E-state index is 13.6.